The van der Waals surface area contributed by atoms with Gasteiger partial charge in [0.05, 0.1) is 17.9 Å². The highest BCUT2D eigenvalue weighted by Crippen LogP contribution is 2.10. The van der Waals surface area contributed by atoms with Crippen molar-refractivity contribution < 1.29 is 22.9 Å². The van der Waals surface area contributed by atoms with E-state index in [-0.39, 0.29) is 12.3 Å². The molecule has 0 fully saturated rings. The van der Waals surface area contributed by atoms with Crippen molar-refractivity contribution in [2.75, 3.05) is 5.75 Å². The van der Waals surface area contributed by atoms with Crippen LogP contribution in [0.2, 0.25) is 0 Å². The predicted octanol–water partition coefficient (Wildman–Crippen LogP) is 7.45. The molecule has 0 aliphatic heterocycles. The van der Waals surface area contributed by atoms with Gasteiger partial charge in [-0.25, -0.2) is 0 Å². The van der Waals surface area contributed by atoms with Gasteiger partial charge in [0, 0.05) is 6.42 Å². The average Bonchev–Trinajstić information content (AvgIpc) is 2.84. The molecule has 0 saturated carbocycles. The van der Waals surface area contributed by atoms with Crippen molar-refractivity contribution in [1.29, 1.82) is 0 Å². The van der Waals surface area contributed by atoms with Crippen LogP contribution in [-0.4, -0.2) is 41.9 Å². The van der Waals surface area contributed by atoms with Gasteiger partial charge in [-0.15, -0.1) is 0 Å². The minimum atomic E-state index is -4.34. The highest BCUT2D eigenvalue weighted by Gasteiger charge is 2.24. The Morgan fingerprint density at radius 3 is 1.76 bits per heavy atom. The number of aliphatic hydroxyl groups is 1. The third-order valence-corrected chi connectivity index (χ3v) is 7.07. The second-order valence-corrected chi connectivity index (χ2v) is 11.5. The zero-order chi connectivity index (χ0) is 27.6. The summed E-state index contributed by atoms with van der Waals surface area (Å²) in [4.78, 5) is 12.3. The molecule has 0 heterocycles. The average molecular weight is 542 g/mol. The van der Waals surface area contributed by atoms with Gasteiger partial charge in [-0.1, -0.05) is 102 Å². The van der Waals surface area contributed by atoms with Crippen LogP contribution in [0, 0.1) is 0 Å². The van der Waals surface area contributed by atoms with E-state index in [1.165, 1.54) is 57.4 Å². The first kappa shape index (κ1) is 35.6. The largest absolute Gasteiger partial charge is 0.387 e. The summed E-state index contributed by atoms with van der Waals surface area (Å²) in [5.41, 5.74) is 0. The lowest BCUT2D eigenvalue weighted by atomic mass is 10.1. The molecule has 37 heavy (non-hydrogen) atoms. The van der Waals surface area contributed by atoms with Gasteiger partial charge in [-0.05, 0) is 57.8 Å². The molecule has 2 unspecified atom stereocenters. The van der Waals surface area contributed by atoms with Crippen LogP contribution in [0.5, 0.6) is 0 Å². The van der Waals surface area contributed by atoms with Gasteiger partial charge in [0.2, 0.25) is 5.91 Å². The summed E-state index contributed by atoms with van der Waals surface area (Å²) in [7, 11) is -4.34. The van der Waals surface area contributed by atoms with E-state index in [2.05, 4.69) is 43.5 Å². The fraction of sp³-hybridized carbons (Fsp3) is 0.767. The zero-order valence-corrected chi connectivity index (χ0v) is 24.4. The van der Waals surface area contributed by atoms with Crippen molar-refractivity contribution in [3.8, 4) is 0 Å². The number of hydrogen-bond donors (Lipinski definition) is 3. The van der Waals surface area contributed by atoms with E-state index in [1.54, 1.807) is 6.08 Å². The highest BCUT2D eigenvalue weighted by molar-refractivity contribution is 7.85. The van der Waals surface area contributed by atoms with Crippen LogP contribution in [-0.2, 0) is 14.9 Å². The number of carbonyl (C=O) groups excluding carboxylic acids is 1. The van der Waals surface area contributed by atoms with E-state index in [4.69, 9.17) is 0 Å². The van der Waals surface area contributed by atoms with Gasteiger partial charge in [-0.2, -0.15) is 8.42 Å². The van der Waals surface area contributed by atoms with Crippen LogP contribution in [0.4, 0.5) is 0 Å². The number of allylic oxidation sites excluding steroid dienone is 5. The van der Waals surface area contributed by atoms with E-state index < -0.39 is 28.0 Å². The third-order valence-electron chi connectivity index (χ3n) is 6.29. The summed E-state index contributed by atoms with van der Waals surface area (Å²) < 4.78 is 32.0. The van der Waals surface area contributed by atoms with Crippen LogP contribution in [0.3, 0.4) is 0 Å². The topological polar surface area (TPSA) is 104 Å². The Hall–Kier alpha value is -1.44. The maximum absolute atomic E-state index is 12.3. The number of unbranched alkanes of at least 4 members (excludes halogenated alkanes) is 13. The van der Waals surface area contributed by atoms with E-state index in [9.17, 15) is 22.9 Å². The Morgan fingerprint density at radius 1 is 0.703 bits per heavy atom. The maximum Gasteiger partial charge on any atom is 0.267 e. The van der Waals surface area contributed by atoms with Crippen molar-refractivity contribution in [3.05, 3.63) is 36.5 Å². The van der Waals surface area contributed by atoms with Gasteiger partial charge in [0.15, 0.2) is 0 Å². The molecule has 0 rings (SSSR count). The molecule has 0 aliphatic rings. The molecule has 3 N–H and O–H groups in total. The minimum absolute atomic E-state index is 0.277. The van der Waals surface area contributed by atoms with E-state index in [1.807, 2.05) is 0 Å². The molecule has 0 aliphatic carbocycles. The van der Waals surface area contributed by atoms with Crippen LogP contribution in [0.15, 0.2) is 36.5 Å². The maximum atomic E-state index is 12.3. The molecule has 216 valence electrons. The molecular weight excluding hydrogens is 486 g/mol. The van der Waals surface area contributed by atoms with Crippen molar-refractivity contribution in [2.45, 2.75) is 142 Å². The monoisotopic (exact) mass is 541 g/mol. The zero-order valence-electron chi connectivity index (χ0n) is 23.6. The van der Waals surface area contributed by atoms with Crippen LogP contribution < -0.4 is 5.32 Å². The summed E-state index contributed by atoms with van der Waals surface area (Å²) in [6.07, 6.45) is 29.9. The number of hydrogen-bond acceptors (Lipinski definition) is 4. The predicted molar refractivity (Wildman–Crippen MR) is 156 cm³/mol. The normalized spacial score (nSPS) is 14.2. The number of amides is 1. The van der Waals surface area contributed by atoms with Gasteiger partial charge >= 0.3 is 0 Å². The van der Waals surface area contributed by atoms with Gasteiger partial charge < -0.3 is 10.4 Å². The molecule has 0 radical (unpaired) electrons. The van der Waals surface area contributed by atoms with E-state index in [0.29, 0.717) is 12.8 Å². The standard InChI is InChI=1S/C30H55NO5S/c1-3-5-7-9-11-13-14-15-16-18-20-22-24-26-30(33)31-28(27-37(34,35)36)29(32)25-23-21-19-17-12-10-8-6-4-2/h12-14,17,23,25,28-29,32H,3-11,15-16,18-22,24,26-27H2,1-2H3,(H,31,33)(H,34,35,36)/b14-13-,17-12+,25-23+. The molecule has 6 nitrogen and oxygen atoms in total. The summed E-state index contributed by atoms with van der Waals surface area (Å²) in [5, 5.41) is 13.0. The molecule has 0 aromatic rings. The summed E-state index contributed by atoms with van der Waals surface area (Å²) >= 11 is 0. The number of rotatable bonds is 25. The van der Waals surface area contributed by atoms with Crippen molar-refractivity contribution in [3.63, 3.8) is 0 Å². The number of carbonyl (C=O) groups is 1. The fourth-order valence-electron chi connectivity index (χ4n) is 4.04. The first-order valence-electron chi connectivity index (χ1n) is 14.7. The van der Waals surface area contributed by atoms with Crippen molar-refractivity contribution in [2.24, 2.45) is 0 Å². The van der Waals surface area contributed by atoms with Crippen LogP contribution >= 0.6 is 0 Å². The SMILES string of the molecule is CCCCC/C=C/CC/C=C/C(O)C(CS(=O)(=O)O)NC(=O)CCCCCCC/C=C\CCCCCC. The van der Waals surface area contributed by atoms with Crippen LogP contribution in [0.1, 0.15) is 129 Å². The summed E-state index contributed by atoms with van der Waals surface area (Å²) in [6.45, 7) is 4.40. The molecule has 0 saturated heterocycles. The first-order chi connectivity index (χ1) is 17.8. The smallest absolute Gasteiger partial charge is 0.267 e. The Morgan fingerprint density at radius 2 is 1.16 bits per heavy atom. The van der Waals surface area contributed by atoms with Crippen molar-refractivity contribution in [1.82, 2.24) is 5.32 Å². The molecule has 2 atom stereocenters. The molecule has 7 heteroatoms. The van der Waals surface area contributed by atoms with Gasteiger partial charge in [-0.3, -0.25) is 9.35 Å². The summed E-state index contributed by atoms with van der Waals surface area (Å²) in [6, 6.07) is -1.07. The van der Waals surface area contributed by atoms with E-state index >= 15 is 0 Å². The number of aliphatic hydroxyl groups excluding tert-OH is 1. The fourth-order valence-corrected chi connectivity index (χ4v) is 4.78. The Bertz CT molecular complexity index is 730. The molecule has 0 aromatic carbocycles. The highest BCUT2D eigenvalue weighted by atomic mass is 32.2. The second-order valence-electron chi connectivity index (χ2n) is 10.0. The third kappa shape index (κ3) is 26.0. The van der Waals surface area contributed by atoms with E-state index in [0.717, 1.165) is 44.9 Å². The molecule has 1 amide bonds. The lowest BCUT2D eigenvalue weighted by Gasteiger charge is -2.21. The summed E-state index contributed by atoms with van der Waals surface area (Å²) in [5.74, 6) is -1.02. The Labute approximate surface area is 227 Å². The Balaban J connectivity index is 4.17. The van der Waals surface area contributed by atoms with Gasteiger partial charge in [0.25, 0.3) is 10.1 Å². The lowest BCUT2D eigenvalue weighted by Crippen LogP contribution is -2.46. The molecular formula is C30H55NO5S. The van der Waals surface area contributed by atoms with Crippen molar-refractivity contribution >= 4 is 16.0 Å². The molecule has 0 aromatic heterocycles. The Kier molecular flexibility index (Phi) is 23.9. The first-order valence-corrected chi connectivity index (χ1v) is 16.3. The lowest BCUT2D eigenvalue weighted by molar-refractivity contribution is -0.122. The second kappa shape index (κ2) is 24.9. The van der Waals surface area contributed by atoms with Crippen LogP contribution in [0.25, 0.3) is 0 Å². The van der Waals surface area contributed by atoms with Gasteiger partial charge in [0.1, 0.15) is 0 Å². The number of nitrogens with one attached hydrogen (secondary N) is 1. The minimum Gasteiger partial charge on any atom is -0.387 e. The quantitative estimate of drug-likeness (QED) is 0.0632. The molecule has 0 bridgehead atoms. The molecule has 0 spiro atoms.